The average molecular weight is 306 g/mol. The van der Waals surface area contributed by atoms with E-state index in [0.29, 0.717) is 6.42 Å². The molecular weight excluding hydrogens is 292 g/mol. The van der Waals surface area contributed by atoms with Crippen LogP contribution in [0, 0.1) is 10.1 Å². The second-order valence-electron chi connectivity index (χ2n) is 4.54. The fourth-order valence-corrected chi connectivity index (χ4v) is 2.71. The Morgan fingerprint density at radius 3 is 3.00 bits per heavy atom. The molecule has 1 atom stereocenters. The van der Waals surface area contributed by atoms with E-state index in [0.717, 1.165) is 11.1 Å². The number of thiophene rings is 1. The molecule has 7 nitrogen and oxygen atoms in total. The first-order chi connectivity index (χ1) is 9.97. The summed E-state index contributed by atoms with van der Waals surface area (Å²) in [5, 5.41) is 15.6. The summed E-state index contributed by atoms with van der Waals surface area (Å²) in [5.74, 6) is -0.462. The summed E-state index contributed by atoms with van der Waals surface area (Å²) in [5.41, 5.74) is 5.06. The number of carbonyl (C=O) groups is 1. The molecule has 0 aliphatic carbocycles. The molecular formula is C13H14N4O3S. The van der Waals surface area contributed by atoms with Crippen molar-refractivity contribution in [3.63, 3.8) is 0 Å². The Balaban J connectivity index is 2.12. The van der Waals surface area contributed by atoms with E-state index in [1.165, 1.54) is 6.07 Å². The minimum atomic E-state index is -0.648. The minimum absolute atomic E-state index is 0.0664. The molecule has 0 saturated heterocycles. The van der Waals surface area contributed by atoms with Gasteiger partial charge in [0.25, 0.3) is 11.6 Å². The molecule has 2 aromatic heterocycles. The molecule has 0 saturated carbocycles. The molecule has 0 aromatic carbocycles. The van der Waals surface area contributed by atoms with E-state index in [9.17, 15) is 14.9 Å². The number of aromatic nitrogens is 1. The van der Waals surface area contributed by atoms with Gasteiger partial charge < -0.3 is 11.1 Å². The van der Waals surface area contributed by atoms with Crippen molar-refractivity contribution >= 4 is 28.7 Å². The van der Waals surface area contributed by atoms with Crippen LogP contribution in [0.4, 0.5) is 11.5 Å². The molecule has 8 heteroatoms. The van der Waals surface area contributed by atoms with Crippen LogP contribution in [-0.2, 0) is 6.42 Å². The van der Waals surface area contributed by atoms with Gasteiger partial charge in [0.05, 0.1) is 4.92 Å². The first-order valence-electron chi connectivity index (χ1n) is 6.20. The maximum absolute atomic E-state index is 12.2. The van der Waals surface area contributed by atoms with Crippen LogP contribution in [0.1, 0.15) is 22.2 Å². The highest BCUT2D eigenvalue weighted by molar-refractivity contribution is 7.09. The van der Waals surface area contributed by atoms with Gasteiger partial charge in [-0.25, -0.2) is 4.98 Å². The molecule has 2 aromatic rings. The lowest BCUT2D eigenvalue weighted by atomic mass is 10.1. The lowest BCUT2D eigenvalue weighted by Gasteiger charge is -2.13. The topological polar surface area (TPSA) is 111 Å². The van der Waals surface area contributed by atoms with Crippen molar-refractivity contribution in [2.75, 3.05) is 5.73 Å². The zero-order chi connectivity index (χ0) is 15.4. The van der Waals surface area contributed by atoms with Gasteiger partial charge in [0.15, 0.2) is 0 Å². The van der Waals surface area contributed by atoms with Gasteiger partial charge >= 0.3 is 0 Å². The van der Waals surface area contributed by atoms with Crippen molar-refractivity contribution in [3.05, 3.63) is 50.3 Å². The molecule has 110 valence electrons. The summed E-state index contributed by atoms with van der Waals surface area (Å²) >= 11 is 1.60. The fourth-order valence-electron chi connectivity index (χ4n) is 1.87. The van der Waals surface area contributed by atoms with Crippen molar-refractivity contribution in [2.45, 2.75) is 19.4 Å². The number of amides is 1. The van der Waals surface area contributed by atoms with Crippen LogP contribution in [0.15, 0.2) is 29.8 Å². The molecule has 0 aliphatic heterocycles. The first kappa shape index (κ1) is 14.9. The molecule has 1 unspecified atom stereocenters. The Kier molecular flexibility index (Phi) is 4.49. The number of nitrogens with two attached hydrogens (primary N) is 1. The number of anilines is 1. The Bertz CT molecular complexity index is 657. The SMILES string of the molecule is CC(Cc1cccs1)NC(=O)c1cc(N)ncc1[N+](=O)[O-]. The first-order valence-corrected chi connectivity index (χ1v) is 7.08. The number of nitrogens with one attached hydrogen (secondary N) is 1. The van der Waals surface area contributed by atoms with E-state index < -0.39 is 10.8 Å². The standard InChI is InChI=1S/C13H14N4O3S/c1-8(5-9-3-2-4-21-9)16-13(18)10-6-12(14)15-7-11(10)17(19)20/h2-4,6-8H,5H2,1H3,(H2,14,15)(H,16,18). The Labute approximate surface area is 125 Å². The summed E-state index contributed by atoms with van der Waals surface area (Å²) in [6.45, 7) is 1.84. The third kappa shape index (κ3) is 3.76. The van der Waals surface area contributed by atoms with Crippen LogP contribution in [0.2, 0.25) is 0 Å². The van der Waals surface area contributed by atoms with Crippen molar-refractivity contribution in [3.8, 4) is 0 Å². The monoisotopic (exact) mass is 306 g/mol. The summed E-state index contributed by atoms with van der Waals surface area (Å²) in [6.07, 6.45) is 1.66. The third-order valence-electron chi connectivity index (χ3n) is 2.81. The van der Waals surface area contributed by atoms with Crippen LogP contribution in [0.3, 0.4) is 0 Å². The van der Waals surface area contributed by atoms with E-state index >= 15 is 0 Å². The van der Waals surface area contributed by atoms with Crippen LogP contribution < -0.4 is 11.1 Å². The lowest BCUT2D eigenvalue weighted by Crippen LogP contribution is -2.34. The highest BCUT2D eigenvalue weighted by atomic mass is 32.1. The second kappa shape index (κ2) is 6.31. The average Bonchev–Trinajstić information content (AvgIpc) is 2.90. The lowest BCUT2D eigenvalue weighted by molar-refractivity contribution is -0.385. The zero-order valence-corrected chi connectivity index (χ0v) is 12.1. The Morgan fingerprint density at radius 1 is 1.62 bits per heavy atom. The number of pyridine rings is 1. The smallest absolute Gasteiger partial charge is 0.300 e. The largest absolute Gasteiger partial charge is 0.384 e. The van der Waals surface area contributed by atoms with E-state index in [2.05, 4.69) is 10.3 Å². The van der Waals surface area contributed by atoms with Gasteiger partial charge in [-0.15, -0.1) is 11.3 Å². The molecule has 2 rings (SSSR count). The van der Waals surface area contributed by atoms with Gasteiger partial charge in [0.2, 0.25) is 0 Å². The minimum Gasteiger partial charge on any atom is -0.384 e. The fraction of sp³-hybridized carbons (Fsp3) is 0.231. The Hall–Kier alpha value is -2.48. The zero-order valence-electron chi connectivity index (χ0n) is 11.3. The number of nitrogen functional groups attached to an aromatic ring is 1. The highest BCUT2D eigenvalue weighted by Gasteiger charge is 2.22. The number of rotatable bonds is 5. The van der Waals surface area contributed by atoms with E-state index in [-0.39, 0.29) is 23.1 Å². The van der Waals surface area contributed by atoms with Gasteiger partial charge in [-0.2, -0.15) is 0 Å². The maximum Gasteiger partial charge on any atom is 0.300 e. The highest BCUT2D eigenvalue weighted by Crippen LogP contribution is 2.19. The Morgan fingerprint density at radius 2 is 2.38 bits per heavy atom. The normalized spacial score (nSPS) is 11.9. The number of hydrogen-bond acceptors (Lipinski definition) is 6. The quantitative estimate of drug-likeness (QED) is 0.648. The summed E-state index contributed by atoms with van der Waals surface area (Å²) < 4.78 is 0. The summed E-state index contributed by atoms with van der Waals surface area (Å²) in [6, 6.07) is 4.97. The number of hydrogen-bond donors (Lipinski definition) is 2. The van der Waals surface area contributed by atoms with Crippen molar-refractivity contribution in [1.82, 2.24) is 10.3 Å². The van der Waals surface area contributed by atoms with Crippen LogP contribution in [0.25, 0.3) is 0 Å². The van der Waals surface area contributed by atoms with Crippen molar-refractivity contribution < 1.29 is 9.72 Å². The predicted octanol–water partition coefficient (Wildman–Crippen LogP) is 1.99. The van der Waals surface area contributed by atoms with Crippen LogP contribution >= 0.6 is 11.3 Å². The molecule has 0 bridgehead atoms. The van der Waals surface area contributed by atoms with E-state index in [4.69, 9.17) is 5.73 Å². The van der Waals surface area contributed by atoms with Gasteiger partial charge in [0, 0.05) is 17.3 Å². The molecule has 0 spiro atoms. The molecule has 2 heterocycles. The molecule has 0 radical (unpaired) electrons. The number of carbonyl (C=O) groups excluding carboxylic acids is 1. The molecule has 1 amide bonds. The van der Waals surface area contributed by atoms with Crippen molar-refractivity contribution in [2.24, 2.45) is 0 Å². The van der Waals surface area contributed by atoms with Gasteiger partial charge in [-0.1, -0.05) is 6.07 Å². The van der Waals surface area contributed by atoms with Gasteiger partial charge in [-0.05, 0) is 24.4 Å². The maximum atomic E-state index is 12.2. The van der Waals surface area contributed by atoms with Crippen molar-refractivity contribution in [1.29, 1.82) is 0 Å². The molecule has 3 N–H and O–H groups in total. The summed E-state index contributed by atoms with van der Waals surface area (Å²) in [4.78, 5) is 27.2. The summed E-state index contributed by atoms with van der Waals surface area (Å²) in [7, 11) is 0. The van der Waals surface area contributed by atoms with Gasteiger partial charge in [0.1, 0.15) is 17.6 Å². The predicted molar refractivity (Wildman–Crippen MR) is 80.3 cm³/mol. The van der Waals surface area contributed by atoms with Crippen LogP contribution in [-0.4, -0.2) is 21.9 Å². The van der Waals surface area contributed by atoms with Crippen LogP contribution in [0.5, 0.6) is 0 Å². The van der Waals surface area contributed by atoms with Gasteiger partial charge in [-0.3, -0.25) is 14.9 Å². The number of nitro groups is 1. The second-order valence-corrected chi connectivity index (χ2v) is 5.57. The van der Waals surface area contributed by atoms with E-state index in [1.807, 2.05) is 24.4 Å². The molecule has 21 heavy (non-hydrogen) atoms. The van der Waals surface area contributed by atoms with E-state index in [1.54, 1.807) is 11.3 Å². The molecule has 0 aliphatic rings. The third-order valence-corrected chi connectivity index (χ3v) is 3.71. The number of nitrogens with zero attached hydrogens (tertiary/aromatic N) is 2. The molecule has 0 fully saturated rings.